The fourth-order valence-electron chi connectivity index (χ4n) is 7.61. The summed E-state index contributed by atoms with van der Waals surface area (Å²) in [4.78, 5) is 35.9. The van der Waals surface area contributed by atoms with Crippen molar-refractivity contribution in [3.8, 4) is 10.4 Å². The van der Waals surface area contributed by atoms with Crippen LogP contribution in [0.15, 0.2) is 77.3 Å². The monoisotopic (exact) mass is 874 g/mol. The van der Waals surface area contributed by atoms with Crippen LogP contribution in [0.3, 0.4) is 0 Å². The molecule has 326 valence electrons. The van der Waals surface area contributed by atoms with E-state index in [1.54, 1.807) is 23.1 Å². The Balaban J connectivity index is 0.777. The van der Waals surface area contributed by atoms with E-state index in [1.807, 2.05) is 11.7 Å². The van der Waals surface area contributed by atoms with Crippen molar-refractivity contribution in [3.05, 3.63) is 100 Å². The van der Waals surface area contributed by atoms with Gasteiger partial charge in [-0.2, -0.15) is 0 Å². The van der Waals surface area contributed by atoms with E-state index in [4.69, 9.17) is 20.4 Å². The normalized spacial score (nSPS) is 11.6. The highest BCUT2D eigenvalue weighted by Crippen LogP contribution is 2.35. The smallest absolute Gasteiger partial charge is 0.220 e. The van der Waals surface area contributed by atoms with Gasteiger partial charge in [-0.05, 0) is 110 Å². The van der Waals surface area contributed by atoms with E-state index in [0.29, 0.717) is 65.1 Å². The Morgan fingerprint density at radius 3 is 2.29 bits per heavy atom. The molecule has 0 radical (unpaired) electrons. The molecule has 7 rings (SSSR count). The van der Waals surface area contributed by atoms with Crippen LogP contribution in [0.4, 0.5) is 0 Å². The third kappa shape index (κ3) is 11.4. The summed E-state index contributed by atoms with van der Waals surface area (Å²) in [5.74, 6) is 0.920. The van der Waals surface area contributed by atoms with Crippen LogP contribution in [-0.4, -0.2) is 87.0 Å². The Morgan fingerprint density at radius 1 is 0.823 bits per heavy atom. The Hall–Kier alpha value is -5.19. The molecule has 0 fully saturated rings. The molecule has 0 aliphatic carbocycles. The Morgan fingerprint density at radius 2 is 1.56 bits per heavy atom. The van der Waals surface area contributed by atoms with Crippen molar-refractivity contribution in [3.63, 3.8) is 0 Å². The second-order valence-electron chi connectivity index (χ2n) is 15.4. The number of nitrogens with two attached hydrogens (primary N) is 1. The van der Waals surface area contributed by atoms with Crippen LogP contribution >= 0.6 is 23.1 Å². The van der Waals surface area contributed by atoms with E-state index in [-0.39, 0.29) is 11.8 Å². The minimum atomic E-state index is -0.0259. The van der Waals surface area contributed by atoms with E-state index in [9.17, 15) is 9.59 Å². The first-order valence-electron chi connectivity index (χ1n) is 21.8. The van der Waals surface area contributed by atoms with Gasteiger partial charge in [0.2, 0.25) is 11.8 Å². The molecule has 3 aromatic carbocycles. The van der Waals surface area contributed by atoms with Gasteiger partial charge >= 0.3 is 0 Å². The lowest BCUT2D eigenvalue weighted by molar-refractivity contribution is -0.121. The van der Waals surface area contributed by atoms with Crippen molar-refractivity contribution in [1.29, 1.82) is 0 Å². The molecule has 0 unspecified atom stereocenters. The largest absolute Gasteiger partial charge is 0.378 e. The maximum Gasteiger partial charge on any atom is 0.220 e. The Labute approximate surface area is 371 Å². The Kier molecular flexibility index (Phi) is 16.1. The number of rotatable bonds is 24. The first kappa shape index (κ1) is 44.9. The molecule has 0 saturated heterocycles. The van der Waals surface area contributed by atoms with Gasteiger partial charge < -0.3 is 31.0 Å². The minimum Gasteiger partial charge on any atom is -0.378 e. The number of carbonyl (C=O) groups is 2. The summed E-state index contributed by atoms with van der Waals surface area (Å²) in [6.07, 6.45) is 4.72. The number of carbonyl (C=O) groups excluding carboxylic acids is 2. The predicted molar refractivity (Wildman–Crippen MR) is 252 cm³/mol. The summed E-state index contributed by atoms with van der Waals surface area (Å²) in [5.41, 5.74) is 16.4. The van der Waals surface area contributed by atoms with Crippen LogP contribution in [0, 0.1) is 0 Å². The zero-order chi connectivity index (χ0) is 43.3. The van der Waals surface area contributed by atoms with Crippen molar-refractivity contribution in [2.75, 3.05) is 45.6 Å². The number of nitrogens with zero attached hydrogens (tertiary/aromatic N) is 6. The number of amides is 2. The fourth-order valence-corrected chi connectivity index (χ4v) is 9.27. The molecular formula is C47H58N10O3S2. The Bertz CT molecular complexity index is 2580. The van der Waals surface area contributed by atoms with Gasteiger partial charge in [0.15, 0.2) is 16.3 Å². The van der Waals surface area contributed by atoms with Gasteiger partial charge in [-0.15, -0.1) is 16.4 Å². The first-order valence-corrected chi connectivity index (χ1v) is 23.6. The minimum absolute atomic E-state index is 0.00103. The van der Waals surface area contributed by atoms with Gasteiger partial charge in [0.25, 0.3) is 0 Å². The molecule has 13 nitrogen and oxygen atoms in total. The summed E-state index contributed by atoms with van der Waals surface area (Å²) >= 11 is 3.37. The predicted octanol–water partition coefficient (Wildman–Crippen LogP) is 7.05. The number of hydrogen-bond donors (Lipinski definition) is 4. The van der Waals surface area contributed by atoms with Crippen LogP contribution in [0.25, 0.3) is 43.4 Å². The van der Waals surface area contributed by atoms with Gasteiger partial charge in [0, 0.05) is 71.5 Å². The molecule has 62 heavy (non-hydrogen) atoms. The standard InChI is InChI=1S/C47H58N10O3S2/c1-4-25-61-47-52-39(7-6-20-48)45-46(53-47)57(55-54-45)30-33-10-8-32(9-11-33)13-18-43(58)50-21-23-60-24-22-51-44(59)19-14-35-27-42(62-31-35)36-15-16-37-38-26-34(29-49-3)12-17-40(38)56(5-2)41(37)28-36/h8-12,15-17,26-28,31,49H,4-7,13-14,18-25,29-30,48H2,1-3H3,(H,50,58)(H,51,59). The van der Waals surface area contributed by atoms with Crippen molar-refractivity contribution < 1.29 is 14.3 Å². The number of aryl methyl sites for hydroxylation is 4. The van der Waals surface area contributed by atoms with Crippen molar-refractivity contribution in [2.24, 2.45) is 5.73 Å². The van der Waals surface area contributed by atoms with Crippen LogP contribution < -0.4 is 21.7 Å². The summed E-state index contributed by atoms with van der Waals surface area (Å²) in [6.45, 7) is 8.82. The fraction of sp³-hybridized carbons (Fsp3) is 0.404. The zero-order valence-electron chi connectivity index (χ0n) is 36.0. The average molecular weight is 875 g/mol. The lowest BCUT2D eigenvalue weighted by Gasteiger charge is -2.08. The molecule has 0 aliphatic rings. The zero-order valence-corrected chi connectivity index (χ0v) is 37.7. The number of hydrogen-bond acceptors (Lipinski definition) is 11. The molecule has 0 saturated carbocycles. The number of thiophene rings is 1. The molecule has 4 aromatic heterocycles. The number of ether oxygens (including phenoxy) is 1. The van der Waals surface area contributed by atoms with Crippen molar-refractivity contribution in [2.45, 2.75) is 83.6 Å². The number of nitrogens with one attached hydrogen (secondary N) is 3. The molecule has 0 aliphatic heterocycles. The van der Waals surface area contributed by atoms with E-state index < -0.39 is 0 Å². The maximum atomic E-state index is 12.6. The second kappa shape index (κ2) is 22.2. The number of benzene rings is 3. The maximum absolute atomic E-state index is 12.6. The van der Waals surface area contributed by atoms with Gasteiger partial charge in [0.1, 0.15) is 0 Å². The van der Waals surface area contributed by atoms with Crippen LogP contribution in [0.2, 0.25) is 0 Å². The highest BCUT2D eigenvalue weighted by Gasteiger charge is 2.16. The molecule has 15 heteroatoms. The molecule has 2 amide bonds. The first-order chi connectivity index (χ1) is 30.4. The summed E-state index contributed by atoms with van der Waals surface area (Å²) in [6, 6.07) is 23.9. The van der Waals surface area contributed by atoms with Gasteiger partial charge in [-0.25, -0.2) is 14.6 Å². The summed E-state index contributed by atoms with van der Waals surface area (Å²) in [7, 11) is 1.98. The van der Waals surface area contributed by atoms with Crippen molar-refractivity contribution in [1.82, 2.24) is 45.5 Å². The second-order valence-corrected chi connectivity index (χ2v) is 17.4. The quantitative estimate of drug-likeness (QED) is 0.0281. The summed E-state index contributed by atoms with van der Waals surface area (Å²) in [5, 5.41) is 23.4. The molecule has 0 spiro atoms. The summed E-state index contributed by atoms with van der Waals surface area (Å²) < 4.78 is 9.89. The highest BCUT2D eigenvalue weighted by molar-refractivity contribution is 7.99. The van der Waals surface area contributed by atoms with Crippen LogP contribution in [-0.2, 0) is 53.2 Å². The average Bonchev–Trinajstić information content (AvgIpc) is 4.02. The molecule has 7 aromatic rings. The third-order valence-corrected chi connectivity index (χ3v) is 12.9. The molecule has 0 bridgehead atoms. The van der Waals surface area contributed by atoms with E-state index in [2.05, 4.69) is 117 Å². The number of aromatic nitrogens is 6. The molecule has 4 heterocycles. The SMILES string of the molecule is CCCSc1nc(CCCN)c2nnn(Cc3ccc(CCC(=O)NCCOCCNC(=O)CCc4csc(-c5ccc6c7cc(CNC)ccc7n(CC)c6c5)c4)cc3)c2n1. The molecule has 0 atom stereocenters. The van der Waals surface area contributed by atoms with E-state index in [1.165, 1.54) is 37.8 Å². The van der Waals surface area contributed by atoms with Gasteiger partial charge in [0.05, 0.1) is 25.5 Å². The lowest BCUT2D eigenvalue weighted by Crippen LogP contribution is -2.30. The van der Waals surface area contributed by atoms with E-state index >= 15 is 0 Å². The van der Waals surface area contributed by atoms with Gasteiger partial charge in [-0.1, -0.05) is 66.4 Å². The molecule has 5 N–H and O–H groups in total. The van der Waals surface area contributed by atoms with Crippen LogP contribution in [0.1, 0.15) is 67.5 Å². The topological polar surface area (TPSA) is 167 Å². The third-order valence-electron chi connectivity index (χ3n) is 10.8. The van der Waals surface area contributed by atoms with Crippen LogP contribution in [0.5, 0.6) is 0 Å². The molecular weight excluding hydrogens is 817 g/mol. The van der Waals surface area contributed by atoms with Crippen molar-refractivity contribution >= 4 is 67.9 Å². The number of fused-ring (bicyclic) bond motifs is 4. The van der Waals surface area contributed by atoms with Gasteiger partial charge in [-0.3, -0.25) is 9.59 Å². The lowest BCUT2D eigenvalue weighted by atomic mass is 10.1. The van der Waals surface area contributed by atoms with E-state index in [0.717, 1.165) is 76.8 Å². The highest BCUT2D eigenvalue weighted by atomic mass is 32.2. The number of thioether (sulfide) groups is 1.